The second-order valence-electron chi connectivity index (χ2n) is 8.31. The van der Waals surface area contributed by atoms with Crippen molar-refractivity contribution in [1.82, 2.24) is 0 Å². The second kappa shape index (κ2) is 31.9. The summed E-state index contributed by atoms with van der Waals surface area (Å²) in [5, 5.41) is 0. The summed E-state index contributed by atoms with van der Waals surface area (Å²) in [5.41, 5.74) is 0. The molecule has 0 heterocycles. The molecule has 0 aliphatic rings. The van der Waals surface area contributed by atoms with E-state index in [1.54, 1.807) is 0 Å². The van der Waals surface area contributed by atoms with Gasteiger partial charge in [-0.05, 0) is 12.8 Å². The van der Waals surface area contributed by atoms with E-state index in [9.17, 15) is 9.59 Å². The Morgan fingerprint density at radius 3 is 0.903 bits per heavy atom. The molecule has 0 unspecified atom stereocenters. The number of esters is 2. The predicted octanol–water partition coefficient (Wildman–Crippen LogP) is 7.78. The van der Waals surface area contributed by atoms with Gasteiger partial charge < -0.3 is 9.47 Å². The molecule has 0 aliphatic heterocycles. The molecule has 4 radical (unpaired) electrons. The average Bonchev–Trinajstić information content (AvgIpc) is 2.76. The van der Waals surface area contributed by atoms with Crippen molar-refractivity contribution < 1.29 is 19.1 Å². The third kappa shape index (κ3) is 34.5. The molecule has 0 atom stereocenters. The average molecular weight is 547 g/mol. The van der Waals surface area contributed by atoms with Gasteiger partial charge in [0.2, 0.25) is 0 Å². The Balaban J connectivity index is -0.000000490. The van der Waals surface area contributed by atoms with Crippen molar-refractivity contribution in [1.29, 1.82) is 0 Å². The van der Waals surface area contributed by atoms with Gasteiger partial charge in [0.1, 0.15) is 0 Å². The normalized spacial score (nSPS) is 9.94. The minimum atomic E-state index is -0.0713. The Hall–Kier alpha value is -0.261. The first-order valence-corrected chi connectivity index (χ1v) is 12.8. The van der Waals surface area contributed by atoms with Crippen LogP contribution in [0, 0.1) is 0 Å². The molecular formula is C26H52O4Sn. The predicted molar refractivity (Wildman–Crippen MR) is 133 cm³/mol. The largest absolute Gasteiger partial charge is 0.469 e. The van der Waals surface area contributed by atoms with E-state index in [0.717, 1.165) is 12.8 Å². The Morgan fingerprint density at radius 1 is 0.452 bits per heavy atom. The molecule has 184 valence electrons. The van der Waals surface area contributed by atoms with Crippen molar-refractivity contribution in [3.63, 3.8) is 0 Å². The maximum Gasteiger partial charge on any atom is 0.305 e. The molecule has 0 spiro atoms. The van der Waals surface area contributed by atoms with Crippen LogP contribution in [0.1, 0.15) is 142 Å². The maximum atomic E-state index is 10.8. The van der Waals surface area contributed by atoms with Crippen molar-refractivity contribution in [3.8, 4) is 0 Å². The number of ether oxygens (including phenoxy) is 2. The van der Waals surface area contributed by atoms with Crippen LogP contribution in [0.15, 0.2) is 0 Å². The van der Waals surface area contributed by atoms with Crippen molar-refractivity contribution in [2.45, 2.75) is 142 Å². The van der Waals surface area contributed by atoms with Gasteiger partial charge in [-0.3, -0.25) is 9.59 Å². The van der Waals surface area contributed by atoms with E-state index in [0.29, 0.717) is 12.8 Å². The maximum absolute atomic E-state index is 10.8. The van der Waals surface area contributed by atoms with E-state index in [1.165, 1.54) is 117 Å². The monoisotopic (exact) mass is 548 g/mol. The van der Waals surface area contributed by atoms with Crippen LogP contribution in [0.25, 0.3) is 0 Å². The molecular weight excluding hydrogens is 495 g/mol. The number of rotatable bonds is 20. The zero-order valence-corrected chi connectivity index (χ0v) is 24.1. The first kappa shape index (κ1) is 35.3. The van der Waals surface area contributed by atoms with Crippen molar-refractivity contribution in [2.24, 2.45) is 0 Å². The Bertz CT molecular complexity index is 327. The van der Waals surface area contributed by atoms with E-state index >= 15 is 0 Å². The minimum absolute atomic E-state index is 0. The number of hydrogen-bond donors (Lipinski definition) is 0. The number of unbranched alkanes of at least 4 members (excludes halogenated alkanes) is 16. The molecule has 31 heavy (non-hydrogen) atoms. The summed E-state index contributed by atoms with van der Waals surface area (Å²) < 4.78 is 9.17. The Morgan fingerprint density at radius 2 is 0.677 bits per heavy atom. The second-order valence-corrected chi connectivity index (χ2v) is 8.31. The SMILES string of the molecule is CCCCCCCCCCCC(=O)OC.CCCCCCCCCCCC(=O)OC.[Sn]. The summed E-state index contributed by atoms with van der Waals surface area (Å²) in [6.45, 7) is 4.49. The van der Waals surface area contributed by atoms with E-state index < -0.39 is 0 Å². The number of methoxy groups -OCH3 is 2. The zero-order chi connectivity index (χ0) is 22.7. The molecule has 0 saturated carbocycles. The molecule has 0 fully saturated rings. The van der Waals surface area contributed by atoms with Gasteiger partial charge in [0.05, 0.1) is 14.2 Å². The molecule has 0 bridgehead atoms. The van der Waals surface area contributed by atoms with Crippen LogP contribution in [0.3, 0.4) is 0 Å². The van der Waals surface area contributed by atoms with Crippen LogP contribution in [0.2, 0.25) is 0 Å². The van der Waals surface area contributed by atoms with E-state index in [1.807, 2.05) is 0 Å². The van der Waals surface area contributed by atoms with Crippen LogP contribution >= 0.6 is 0 Å². The summed E-state index contributed by atoms with van der Waals surface area (Å²) >= 11 is 0. The molecule has 0 aromatic heterocycles. The molecule has 0 aromatic rings. The number of carbonyl (C=O) groups excluding carboxylic acids is 2. The van der Waals surface area contributed by atoms with Gasteiger partial charge in [-0.2, -0.15) is 0 Å². The Kier molecular flexibility index (Phi) is 36.4. The summed E-state index contributed by atoms with van der Waals surface area (Å²) in [6, 6.07) is 0. The van der Waals surface area contributed by atoms with Gasteiger partial charge in [0, 0.05) is 36.7 Å². The van der Waals surface area contributed by atoms with Crippen LogP contribution < -0.4 is 0 Å². The van der Waals surface area contributed by atoms with Gasteiger partial charge in [0.25, 0.3) is 0 Å². The van der Waals surface area contributed by atoms with Crippen LogP contribution in [-0.4, -0.2) is 50.1 Å². The molecule has 0 saturated heterocycles. The van der Waals surface area contributed by atoms with Gasteiger partial charge in [-0.25, -0.2) is 0 Å². The van der Waals surface area contributed by atoms with Crippen LogP contribution in [0.4, 0.5) is 0 Å². The molecule has 0 rings (SSSR count). The summed E-state index contributed by atoms with van der Waals surface area (Å²) in [6.07, 6.45) is 24.3. The standard InChI is InChI=1S/2C13H26O2.Sn/c2*1-3-4-5-6-7-8-9-10-11-12-13(14)15-2;/h2*3-12H2,1-2H3;. The minimum Gasteiger partial charge on any atom is -0.469 e. The molecule has 0 aromatic carbocycles. The third-order valence-electron chi connectivity index (χ3n) is 5.42. The smallest absolute Gasteiger partial charge is 0.305 e. The molecule has 0 N–H and O–H groups in total. The van der Waals surface area contributed by atoms with Gasteiger partial charge in [-0.1, -0.05) is 117 Å². The first-order chi connectivity index (χ1) is 14.6. The zero-order valence-electron chi connectivity index (χ0n) is 21.3. The summed E-state index contributed by atoms with van der Waals surface area (Å²) in [7, 11) is 2.91. The molecule has 0 aliphatic carbocycles. The van der Waals surface area contributed by atoms with E-state index in [2.05, 4.69) is 23.3 Å². The van der Waals surface area contributed by atoms with Crippen molar-refractivity contribution >= 4 is 35.8 Å². The van der Waals surface area contributed by atoms with Gasteiger partial charge in [-0.15, -0.1) is 0 Å². The Labute approximate surface area is 210 Å². The molecule has 4 nitrogen and oxygen atoms in total. The fraction of sp³-hybridized carbons (Fsp3) is 0.923. The van der Waals surface area contributed by atoms with Gasteiger partial charge >= 0.3 is 11.9 Å². The fourth-order valence-electron chi connectivity index (χ4n) is 3.36. The van der Waals surface area contributed by atoms with Gasteiger partial charge in [0.15, 0.2) is 0 Å². The summed E-state index contributed by atoms with van der Waals surface area (Å²) in [5.74, 6) is -0.143. The van der Waals surface area contributed by atoms with Crippen LogP contribution in [0.5, 0.6) is 0 Å². The number of hydrogen-bond acceptors (Lipinski definition) is 4. The molecule has 5 heteroatoms. The third-order valence-corrected chi connectivity index (χ3v) is 5.42. The van der Waals surface area contributed by atoms with Crippen molar-refractivity contribution in [3.05, 3.63) is 0 Å². The number of carbonyl (C=O) groups is 2. The fourth-order valence-corrected chi connectivity index (χ4v) is 3.36. The van der Waals surface area contributed by atoms with E-state index in [-0.39, 0.29) is 35.8 Å². The molecule has 0 amide bonds. The topological polar surface area (TPSA) is 52.6 Å². The van der Waals surface area contributed by atoms with Crippen molar-refractivity contribution in [2.75, 3.05) is 14.2 Å². The summed E-state index contributed by atoms with van der Waals surface area (Å²) in [4.78, 5) is 21.6. The quantitative estimate of drug-likeness (QED) is 0.0888. The van der Waals surface area contributed by atoms with E-state index in [4.69, 9.17) is 0 Å². The van der Waals surface area contributed by atoms with Crippen LogP contribution in [-0.2, 0) is 19.1 Å². The first-order valence-electron chi connectivity index (χ1n) is 12.8.